The van der Waals surface area contributed by atoms with Gasteiger partial charge in [0.2, 0.25) is 11.9 Å². The van der Waals surface area contributed by atoms with Crippen LogP contribution in [0.25, 0.3) is 0 Å². The third kappa shape index (κ3) is 3.18. The van der Waals surface area contributed by atoms with E-state index >= 15 is 0 Å². The first-order valence-corrected chi connectivity index (χ1v) is 4.65. The van der Waals surface area contributed by atoms with Gasteiger partial charge in [0, 0.05) is 21.1 Å². The molecule has 0 fully saturated rings. The molecular weight excluding hydrogens is 222 g/mol. The van der Waals surface area contributed by atoms with E-state index in [0.717, 1.165) is 0 Å². The normalized spacial score (nSPS) is 9.00. The third-order valence-electron chi connectivity index (χ3n) is 1.71. The van der Waals surface area contributed by atoms with E-state index in [9.17, 15) is 0 Å². The molecule has 0 saturated heterocycles. The van der Waals surface area contributed by atoms with Crippen LogP contribution in [0.3, 0.4) is 0 Å². The third-order valence-corrected chi connectivity index (χ3v) is 1.71. The minimum absolute atomic E-state index is 0.0161. The van der Waals surface area contributed by atoms with Gasteiger partial charge in [0.05, 0.1) is 0 Å². The monoisotopic (exact) mass is 233 g/mol. The standard InChI is InChI=1S/C9H11N7O/c1-15(2)7-12-8(16(3)6-11)14-9(13-7)17-5-4-10/h5H2,1-3H3. The molecule has 0 saturated carbocycles. The number of rotatable bonds is 4. The van der Waals surface area contributed by atoms with Crippen molar-refractivity contribution < 1.29 is 4.74 Å². The fourth-order valence-corrected chi connectivity index (χ4v) is 0.892. The summed E-state index contributed by atoms with van der Waals surface area (Å²) in [5, 5.41) is 17.2. The average molecular weight is 233 g/mol. The number of hydrogen-bond acceptors (Lipinski definition) is 8. The summed E-state index contributed by atoms with van der Waals surface area (Å²) in [4.78, 5) is 14.8. The summed E-state index contributed by atoms with van der Waals surface area (Å²) in [5.41, 5.74) is 0. The van der Waals surface area contributed by atoms with Gasteiger partial charge in [0.25, 0.3) is 0 Å². The smallest absolute Gasteiger partial charge is 0.324 e. The van der Waals surface area contributed by atoms with Gasteiger partial charge < -0.3 is 9.64 Å². The van der Waals surface area contributed by atoms with E-state index in [2.05, 4.69) is 15.0 Å². The van der Waals surface area contributed by atoms with Crippen LogP contribution >= 0.6 is 0 Å². The number of ether oxygens (including phenoxy) is 1. The Balaban J connectivity index is 3.11. The van der Waals surface area contributed by atoms with Gasteiger partial charge in [-0.05, 0) is 0 Å². The van der Waals surface area contributed by atoms with Crippen molar-refractivity contribution in [2.45, 2.75) is 0 Å². The molecule has 17 heavy (non-hydrogen) atoms. The highest BCUT2D eigenvalue weighted by atomic mass is 16.5. The van der Waals surface area contributed by atoms with Crippen molar-refractivity contribution in [2.75, 3.05) is 37.5 Å². The van der Waals surface area contributed by atoms with Crippen molar-refractivity contribution in [3.05, 3.63) is 0 Å². The Kier molecular flexibility index (Phi) is 4.01. The summed E-state index contributed by atoms with van der Waals surface area (Å²) in [6, 6.07) is 1.83. The minimum Gasteiger partial charge on any atom is -0.448 e. The molecule has 88 valence electrons. The van der Waals surface area contributed by atoms with Gasteiger partial charge >= 0.3 is 6.01 Å². The highest BCUT2D eigenvalue weighted by molar-refractivity contribution is 5.41. The SMILES string of the molecule is CN(C)c1nc(OCC#N)nc(N(C)C#N)n1. The van der Waals surface area contributed by atoms with Crippen molar-refractivity contribution >= 4 is 11.9 Å². The van der Waals surface area contributed by atoms with Crippen molar-refractivity contribution in [3.63, 3.8) is 0 Å². The Morgan fingerprint density at radius 1 is 1.12 bits per heavy atom. The van der Waals surface area contributed by atoms with Crippen molar-refractivity contribution in [2.24, 2.45) is 0 Å². The zero-order valence-corrected chi connectivity index (χ0v) is 9.75. The molecule has 0 aliphatic rings. The maximum Gasteiger partial charge on any atom is 0.324 e. The Labute approximate surface area is 98.7 Å². The van der Waals surface area contributed by atoms with Crippen molar-refractivity contribution in [1.29, 1.82) is 10.5 Å². The second kappa shape index (κ2) is 5.47. The second-order valence-electron chi connectivity index (χ2n) is 3.22. The summed E-state index contributed by atoms with van der Waals surface area (Å²) in [6.45, 7) is -0.160. The lowest BCUT2D eigenvalue weighted by Gasteiger charge is -2.14. The van der Waals surface area contributed by atoms with E-state index < -0.39 is 0 Å². The van der Waals surface area contributed by atoms with E-state index in [1.807, 2.05) is 12.3 Å². The van der Waals surface area contributed by atoms with Gasteiger partial charge in [-0.25, -0.2) is 4.90 Å². The fraction of sp³-hybridized carbons (Fsp3) is 0.444. The molecule has 0 bridgehead atoms. The molecule has 1 heterocycles. The summed E-state index contributed by atoms with van der Waals surface area (Å²) in [5.74, 6) is 0.518. The lowest BCUT2D eigenvalue weighted by atomic mass is 10.7. The quantitative estimate of drug-likeness (QED) is 0.518. The fourth-order valence-electron chi connectivity index (χ4n) is 0.892. The molecule has 0 atom stereocenters. The molecule has 1 aromatic rings. The Morgan fingerprint density at radius 2 is 1.76 bits per heavy atom. The number of nitriles is 2. The summed E-state index contributed by atoms with van der Waals surface area (Å²) in [7, 11) is 5.02. The van der Waals surface area contributed by atoms with Crippen LogP contribution in [0, 0.1) is 22.8 Å². The molecule has 8 heteroatoms. The average Bonchev–Trinajstić information content (AvgIpc) is 2.34. The Morgan fingerprint density at radius 3 is 2.29 bits per heavy atom. The van der Waals surface area contributed by atoms with Crippen LogP contribution in [0.5, 0.6) is 6.01 Å². The summed E-state index contributed by atoms with van der Waals surface area (Å²) >= 11 is 0. The summed E-state index contributed by atoms with van der Waals surface area (Å²) < 4.78 is 5.00. The Bertz CT molecular complexity index is 473. The molecule has 1 rings (SSSR count). The van der Waals surface area contributed by atoms with Gasteiger partial charge in [0.1, 0.15) is 6.07 Å². The van der Waals surface area contributed by atoms with Crippen LogP contribution in [-0.2, 0) is 0 Å². The molecule has 0 amide bonds. The lowest BCUT2D eigenvalue weighted by Crippen LogP contribution is -2.19. The van der Waals surface area contributed by atoms with Crippen molar-refractivity contribution in [3.8, 4) is 18.3 Å². The predicted octanol–water partition coefficient (Wildman–Crippen LogP) is -0.243. The molecule has 0 spiro atoms. The van der Waals surface area contributed by atoms with Crippen LogP contribution in [0.4, 0.5) is 11.9 Å². The molecule has 0 aromatic carbocycles. The van der Waals surface area contributed by atoms with Gasteiger partial charge in [-0.15, -0.1) is 0 Å². The van der Waals surface area contributed by atoms with E-state index in [4.69, 9.17) is 15.3 Å². The minimum atomic E-state index is -0.160. The maximum absolute atomic E-state index is 8.75. The number of anilines is 2. The highest BCUT2D eigenvalue weighted by Gasteiger charge is 2.12. The molecule has 0 radical (unpaired) electrons. The van der Waals surface area contributed by atoms with Gasteiger partial charge in [-0.1, -0.05) is 0 Å². The molecular formula is C9H11N7O. The van der Waals surface area contributed by atoms with E-state index in [-0.39, 0.29) is 18.6 Å². The van der Waals surface area contributed by atoms with Gasteiger partial charge in [-0.2, -0.15) is 25.5 Å². The second-order valence-corrected chi connectivity index (χ2v) is 3.22. The first-order chi connectivity index (χ1) is 8.08. The molecule has 0 N–H and O–H groups in total. The highest BCUT2D eigenvalue weighted by Crippen LogP contribution is 2.14. The summed E-state index contributed by atoms with van der Waals surface area (Å²) in [6.07, 6.45) is 1.87. The number of aromatic nitrogens is 3. The van der Waals surface area contributed by atoms with Crippen molar-refractivity contribution in [1.82, 2.24) is 15.0 Å². The van der Waals surface area contributed by atoms with Gasteiger partial charge in [-0.3, -0.25) is 0 Å². The van der Waals surface area contributed by atoms with E-state index in [1.54, 1.807) is 19.0 Å². The Hall–Kier alpha value is -2.61. The molecule has 0 aliphatic carbocycles. The predicted molar refractivity (Wildman–Crippen MR) is 59.3 cm³/mol. The van der Waals surface area contributed by atoms with Crippen LogP contribution in [0.1, 0.15) is 0 Å². The first kappa shape index (κ1) is 12.5. The van der Waals surface area contributed by atoms with Crippen LogP contribution in [0.15, 0.2) is 0 Å². The maximum atomic E-state index is 8.75. The first-order valence-electron chi connectivity index (χ1n) is 4.65. The molecule has 1 aromatic heterocycles. The zero-order valence-electron chi connectivity index (χ0n) is 9.75. The molecule has 0 aliphatic heterocycles. The zero-order chi connectivity index (χ0) is 12.8. The largest absolute Gasteiger partial charge is 0.448 e. The van der Waals surface area contributed by atoms with Gasteiger partial charge in [0.15, 0.2) is 12.8 Å². The van der Waals surface area contributed by atoms with Crippen LogP contribution in [-0.4, -0.2) is 42.7 Å². The molecule has 0 unspecified atom stereocenters. The molecule has 8 nitrogen and oxygen atoms in total. The number of hydrogen-bond donors (Lipinski definition) is 0. The van der Waals surface area contributed by atoms with E-state index in [1.165, 1.54) is 11.9 Å². The van der Waals surface area contributed by atoms with Crippen LogP contribution < -0.4 is 14.5 Å². The van der Waals surface area contributed by atoms with E-state index in [0.29, 0.717) is 5.95 Å². The topological polar surface area (TPSA) is 102 Å². The lowest BCUT2D eigenvalue weighted by molar-refractivity contribution is 0.337. The number of nitrogens with zero attached hydrogens (tertiary/aromatic N) is 7. The van der Waals surface area contributed by atoms with Crippen LogP contribution in [0.2, 0.25) is 0 Å².